The van der Waals surface area contributed by atoms with E-state index in [0.29, 0.717) is 6.10 Å². The Kier molecular flexibility index (Phi) is 5.57. The van der Waals surface area contributed by atoms with Crippen molar-refractivity contribution in [2.24, 2.45) is 0 Å². The first-order valence-electron chi connectivity index (χ1n) is 8.58. The number of hydrogen-bond donors (Lipinski definition) is 0. The summed E-state index contributed by atoms with van der Waals surface area (Å²) in [4.78, 5) is 5.03. The average Bonchev–Trinajstić information content (AvgIpc) is 2.61. The molecule has 1 aromatic rings. The molecule has 2 heterocycles. The van der Waals surface area contributed by atoms with E-state index in [1.165, 1.54) is 37.9 Å². The van der Waals surface area contributed by atoms with Gasteiger partial charge in [-0.3, -0.25) is 4.90 Å². The highest BCUT2D eigenvalue weighted by Crippen LogP contribution is 2.22. The number of rotatable bonds is 5. The number of methoxy groups -OCH3 is 1. The second-order valence-corrected chi connectivity index (χ2v) is 6.31. The third-order valence-corrected chi connectivity index (χ3v) is 4.83. The van der Waals surface area contributed by atoms with Gasteiger partial charge in [0.1, 0.15) is 5.75 Å². The minimum Gasteiger partial charge on any atom is -0.497 e. The molecule has 0 aromatic heterocycles. The second kappa shape index (κ2) is 7.84. The smallest absolute Gasteiger partial charge is 0.120 e. The summed E-state index contributed by atoms with van der Waals surface area (Å²) in [5.41, 5.74) is 1.27. The van der Waals surface area contributed by atoms with Gasteiger partial charge in [0.05, 0.1) is 13.2 Å². The molecule has 1 unspecified atom stereocenters. The van der Waals surface area contributed by atoms with Gasteiger partial charge in [-0.05, 0) is 37.8 Å². The molecule has 0 amide bonds. The summed E-state index contributed by atoms with van der Waals surface area (Å²) in [5, 5.41) is 0. The van der Waals surface area contributed by atoms with E-state index >= 15 is 0 Å². The van der Waals surface area contributed by atoms with E-state index in [1.54, 1.807) is 7.11 Å². The van der Waals surface area contributed by atoms with Crippen molar-refractivity contribution >= 4 is 5.69 Å². The predicted molar refractivity (Wildman–Crippen MR) is 89.9 cm³/mol. The molecular formula is C18H28N2O2. The fourth-order valence-corrected chi connectivity index (χ4v) is 3.40. The molecule has 2 fully saturated rings. The third-order valence-electron chi connectivity index (χ3n) is 4.83. The van der Waals surface area contributed by atoms with Crippen LogP contribution in [0, 0.1) is 0 Å². The van der Waals surface area contributed by atoms with Crippen LogP contribution in [-0.4, -0.2) is 57.4 Å². The molecule has 0 saturated carbocycles. The fraction of sp³-hybridized carbons (Fsp3) is 0.667. The number of piperazine rings is 1. The van der Waals surface area contributed by atoms with E-state index in [9.17, 15) is 0 Å². The van der Waals surface area contributed by atoms with E-state index in [2.05, 4.69) is 28.0 Å². The Morgan fingerprint density at radius 2 is 2.05 bits per heavy atom. The quantitative estimate of drug-likeness (QED) is 0.835. The Labute approximate surface area is 134 Å². The van der Waals surface area contributed by atoms with Gasteiger partial charge in [0, 0.05) is 51.1 Å². The van der Waals surface area contributed by atoms with Gasteiger partial charge in [0.15, 0.2) is 0 Å². The zero-order chi connectivity index (χ0) is 15.2. The lowest BCUT2D eigenvalue weighted by atomic mass is 10.1. The first-order valence-corrected chi connectivity index (χ1v) is 8.58. The van der Waals surface area contributed by atoms with Gasteiger partial charge in [-0.25, -0.2) is 0 Å². The van der Waals surface area contributed by atoms with Crippen LogP contribution in [0.1, 0.15) is 25.7 Å². The molecule has 0 aliphatic carbocycles. The van der Waals surface area contributed by atoms with E-state index in [4.69, 9.17) is 9.47 Å². The van der Waals surface area contributed by atoms with Crippen LogP contribution in [0.5, 0.6) is 5.75 Å². The van der Waals surface area contributed by atoms with Crippen LogP contribution in [0.4, 0.5) is 5.69 Å². The lowest BCUT2D eigenvalue weighted by Gasteiger charge is -2.37. The molecule has 0 radical (unpaired) electrons. The van der Waals surface area contributed by atoms with Gasteiger partial charge < -0.3 is 14.4 Å². The average molecular weight is 304 g/mol. The molecule has 1 atom stereocenters. The maximum atomic E-state index is 5.83. The highest BCUT2D eigenvalue weighted by molar-refractivity contribution is 5.51. The van der Waals surface area contributed by atoms with Crippen molar-refractivity contribution in [2.75, 3.05) is 51.3 Å². The summed E-state index contributed by atoms with van der Waals surface area (Å²) in [6, 6.07) is 8.38. The third kappa shape index (κ3) is 4.14. The molecule has 4 nitrogen and oxygen atoms in total. The first kappa shape index (κ1) is 15.6. The monoisotopic (exact) mass is 304 g/mol. The summed E-state index contributed by atoms with van der Waals surface area (Å²) in [6.07, 6.45) is 5.54. The summed E-state index contributed by atoms with van der Waals surface area (Å²) < 4.78 is 11.2. The maximum absolute atomic E-state index is 5.83. The summed E-state index contributed by atoms with van der Waals surface area (Å²) >= 11 is 0. The normalized spacial score (nSPS) is 23.5. The molecule has 4 heteroatoms. The van der Waals surface area contributed by atoms with Crippen molar-refractivity contribution in [2.45, 2.75) is 31.8 Å². The lowest BCUT2D eigenvalue weighted by Crippen LogP contribution is -2.47. The van der Waals surface area contributed by atoms with Gasteiger partial charge in [0.2, 0.25) is 0 Å². The molecule has 2 aliphatic heterocycles. The Bertz CT molecular complexity index is 452. The lowest BCUT2D eigenvalue weighted by molar-refractivity contribution is 0.00526. The molecule has 0 spiro atoms. The topological polar surface area (TPSA) is 24.9 Å². The number of hydrogen-bond acceptors (Lipinski definition) is 4. The second-order valence-electron chi connectivity index (χ2n) is 6.31. The van der Waals surface area contributed by atoms with Crippen molar-refractivity contribution < 1.29 is 9.47 Å². The standard InChI is InChI=1S/C18H28N2O2/c1-21-18-7-4-5-16(15-18)20-12-10-19(11-13-20)9-8-17-6-2-3-14-22-17/h4-5,7,15,17H,2-3,6,8-14H2,1H3. The predicted octanol–water partition coefficient (Wildman–Crippen LogP) is 2.78. The molecule has 0 bridgehead atoms. The van der Waals surface area contributed by atoms with E-state index < -0.39 is 0 Å². The minimum atomic E-state index is 0.505. The SMILES string of the molecule is COc1cccc(N2CCN(CCC3CCCCO3)CC2)c1. The summed E-state index contributed by atoms with van der Waals surface area (Å²) in [5.74, 6) is 0.939. The largest absolute Gasteiger partial charge is 0.497 e. The molecule has 2 aliphatic rings. The zero-order valence-corrected chi connectivity index (χ0v) is 13.7. The van der Waals surface area contributed by atoms with Crippen molar-refractivity contribution in [1.82, 2.24) is 4.90 Å². The van der Waals surface area contributed by atoms with Crippen LogP contribution in [0.3, 0.4) is 0 Å². The van der Waals surface area contributed by atoms with Gasteiger partial charge in [-0.1, -0.05) is 6.07 Å². The number of nitrogens with zero attached hydrogens (tertiary/aromatic N) is 2. The Balaban J connectivity index is 1.43. The molecule has 1 aromatic carbocycles. The molecule has 22 heavy (non-hydrogen) atoms. The summed E-state index contributed by atoms with van der Waals surface area (Å²) in [6.45, 7) is 6.62. The molecule has 122 valence electrons. The van der Waals surface area contributed by atoms with Crippen molar-refractivity contribution in [3.05, 3.63) is 24.3 Å². The van der Waals surface area contributed by atoms with Crippen LogP contribution < -0.4 is 9.64 Å². The Morgan fingerprint density at radius 3 is 2.77 bits per heavy atom. The maximum Gasteiger partial charge on any atom is 0.120 e. The number of ether oxygens (including phenoxy) is 2. The minimum absolute atomic E-state index is 0.505. The Morgan fingerprint density at radius 1 is 1.18 bits per heavy atom. The molecule has 2 saturated heterocycles. The van der Waals surface area contributed by atoms with E-state index in [0.717, 1.165) is 38.5 Å². The van der Waals surface area contributed by atoms with Gasteiger partial charge in [-0.2, -0.15) is 0 Å². The number of benzene rings is 1. The highest BCUT2D eigenvalue weighted by Gasteiger charge is 2.20. The highest BCUT2D eigenvalue weighted by atomic mass is 16.5. The Hall–Kier alpha value is -1.26. The van der Waals surface area contributed by atoms with Crippen LogP contribution >= 0.6 is 0 Å². The van der Waals surface area contributed by atoms with Crippen LogP contribution in [-0.2, 0) is 4.74 Å². The van der Waals surface area contributed by atoms with Crippen LogP contribution in [0.15, 0.2) is 24.3 Å². The van der Waals surface area contributed by atoms with Gasteiger partial charge >= 0.3 is 0 Å². The van der Waals surface area contributed by atoms with Gasteiger partial charge in [0.25, 0.3) is 0 Å². The van der Waals surface area contributed by atoms with Crippen LogP contribution in [0.25, 0.3) is 0 Å². The summed E-state index contributed by atoms with van der Waals surface area (Å²) in [7, 11) is 1.73. The van der Waals surface area contributed by atoms with Gasteiger partial charge in [-0.15, -0.1) is 0 Å². The van der Waals surface area contributed by atoms with E-state index in [1.807, 2.05) is 6.07 Å². The first-order chi connectivity index (χ1) is 10.8. The fourth-order valence-electron chi connectivity index (χ4n) is 3.40. The van der Waals surface area contributed by atoms with E-state index in [-0.39, 0.29) is 0 Å². The van der Waals surface area contributed by atoms with Crippen LogP contribution in [0.2, 0.25) is 0 Å². The molecule has 3 rings (SSSR count). The number of anilines is 1. The molecule has 0 N–H and O–H groups in total. The van der Waals surface area contributed by atoms with Crippen molar-refractivity contribution in [1.29, 1.82) is 0 Å². The van der Waals surface area contributed by atoms with Crippen molar-refractivity contribution in [3.8, 4) is 5.75 Å². The molecular weight excluding hydrogens is 276 g/mol. The van der Waals surface area contributed by atoms with Crippen molar-refractivity contribution in [3.63, 3.8) is 0 Å². The zero-order valence-electron chi connectivity index (χ0n) is 13.7.